The van der Waals surface area contributed by atoms with Gasteiger partial charge in [0, 0.05) is 45.6 Å². The second kappa shape index (κ2) is 19.4. The SMILES string of the molecule is [2H]C([2H])([2H])c1c[c-]c(-c2ccccn2)cc1.[2H]C([2H])([2H])c1cccc2nc(-c3[c-]ccc4c3oc3ccc(-c5ccccc5)cc34)n(-c3c(C(C)C)cc(-c4ccc(-c5ccccc5)cc4)cc3C(C)C)c12.[Ir]. The number of pyridine rings is 1. The normalized spacial score (nSPS) is 13.0. The molecule has 0 spiro atoms. The Labute approximate surface area is 415 Å². The van der Waals surface area contributed by atoms with E-state index in [1.54, 1.807) is 30.5 Å². The Hall–Kier alpha value is -7.17. The van der Waals surface area contributed by atoms with Gasteiger partial charge in [0.25, 0.3) is 0 Å². The average molecular weight is 1050 g/mol. The summed E-state index contributed by atoms with van der Waals surface area (Å²) in [5, 5.41) is 1.94. The minimum atomic E-state index is -2.38. The Balaban J connectivity index is 0.000000329. The molecule has 5 heteroatoms. The van der Waals surface area contributed by atoms with E-state index >= 15 is 0 Å². The fourth-order valence-electron chi connectivity index (χ4n) is 8.81. The van der Waals surface area contributed by atoms with Gasteiger partial charge in [-0.1, -0.05) is 161 Å². The third-order valence-electron chi connectivity index (χ3n) is 12.2. The first-order valence-electron chi connectivity index (χ1n) is 25.4. The molecule has 0 amide bonds. The molecule has 0 atom stereocenters. The minimum absolute atomic E-state index is 0. The number of rotatable bonds is 8. The fraction of sp³-hybridized carbons (Fsp3) is 0.129. The van der Waals surface area contributed by atoms with Gasteiger partial charge in [0.05, 0.1) is 22.4 Å². The van der Waals surface area contributed by atoms with Gasteiger partial charge in [-0.2, -0.15) is 0 Å². The number of aromatic nitrogens is 3. The first-order chi connectivity index (χ1) is 34.6. The van der Waals surface area contributed by atoms with Crippen LogP contribution in [0.4, 0.5) is 0 Å². The molecule has 11 rings (SSSR count). The van der Waals surface area contributed by atoms with Crippen LogP contribution < -0.4 is 0 Å². The molecule has 0 aliphatic carbocycles. The minimum Gasteiger partial charge on any atom is -0.501 e. The van der Waals surface area contributed by atoms with Crippen molar-refractivity contribution < 1.29 is 32.7 Å². The molecule has 4 nitrogen and oxygen atoms in total. The summed E-state index contributed by atoms with van der Waals surface area (Å²) in [5.41, 5.74) is 15.4. The molecule has 0 aliphatic heterocycles. The Morgan fingerprint density at radius 2 is 1.24 bits per heavy atom. The molecule has 8 aromatic carbocycles. The summed E-state index contributed by atoms with van der Waals surface area (Å²) in [6.07, 6.45) is 1.70. The van der Waals surface area contributed by atoms with Crippen LogP contribution in [0.1, 0.15) is 70.0 Å². The van der Waals surface area contributed by atoms with Crippen LogP contribution in [0.15, 0.2) is 193 Å². The predicted molar refractivity (Wildman–Crippen MR) is 275 cm³/mol. The van der Waals surface area contributed by atoms with Crippen molar-refractivity contribution in [3.63, 3.8) is 0 Å². The summed E-state index contributed by atoms with van der Waals surface area (Å²) in [6, 6.07) is 66.5. The maximum absolute atomic E-state index is 8.69. The molecule has 0 unspecified atom stereocenters. The predicted octanol–water partition coefficient (Wildman–Crippen LogP) is 16.8. The molecular formula is C62H51IrN3O-2. The van der Waals surface area contributed by atoms with Crippen LogP contribution >= 0.6 is 0 Å². The van der Waals surface area contributed by atoms with Gasteiger partial charge < -0.3 is 14.0 Å². The monoisotopic (exact) mass is 1050 g/mol. The quantitative estimate of drug-likeness (QED) is 0.142. The third kappa shape index (κ3) is 8.93. The number of nitrogens with zero attached hydrogens (tertiary/aromatic N) is 3. The summed E-state index contributed by atoms with van der Waals surface area (Å²) in [6.45, 7) is 4.35. The molecular weight excluding hydrogens is 995 g/mol. The number of fused-ring (bicyclic) bond motifs is 4. The van der Waals surface area contributed by atoms with E-state index in [0.717, 1.165) is 72.2 Å². The van der Waals surface area contributed by atoms with Crippen molar-refractivity contribution in [1.82, 2.24) is 14.5 Å². The van der Waals surface area contributed by atoms with Gasteiger partial charge in [-0.15, -0.1) is 53.6 Å². The molecule has 1 radical (unpaired) electrons. The summed E-state index contributed by atoms with van der Waals surface area (Å²) in [5.74, 6) is 0.783. The Bertz CT molecular complexity index is 3670. The van der Waals surface area contributed by atoms with Crippen LogP contribution in [-0.2, 0) is 20.1 Å². The molecule has 0 saturated carbocycles. The van der Waals surface area contributed by atoms with Crippen LogP contribution in [0, 0.1) is 25.8 Å². The standard InChI is InChI=1S/C50H41N2O.C12H10N.Ir/c1-31(2)42-29-39(37-24-22-36(23-25-37)34-15-8-6-9-16-34)30-43(32(3)4)48(42)52-47-33(5)14-12-21-45(47)51-50(52)41-20-13-19-40-44-28-38(35-17-10-7-11-18-35)26-27-46(44)53-49(40)41;1-10-5-7-11(8-6-10)12-4-2-3-9-13-12;/h6-19,21-32H,1-5H3;2-7,9H,1H3;/q2*-1;/i5D3;1D3;. The summed E-state index contributed by atoms with van der Waals surface area (Å²) < 4.78 is 56.6. The van der Waals surface area contributed by atoms with Gasteiger partial charge in [0.15, 0.2) is 0 Å². The van der Waals surface area contributed by atoms with E-state index in [4.69, 9.17) is 17.6 Å². The van der Waals surface area contributed by atoms with Crippen LogP contribution in [0.25, 0.3) is 94.7 Å². The number of hydrogen-bond acceptors (Lipinski definition) is 3. The number of imidazole rings is 1. The molecule has 0 aliphatic rings. The Morgan fingerprint density at radius 1 is 0.582 bits per heavy atom. The van der Waals surface area contributed by atoms with Gasteiger partial charge in [-0.25, -0.2) is 0 Å². The van der Waals surface area contributed by atoms with Crippen molar-refractivity contribution in [2.75, 3.05) is 0 Å². The van der Waals surface area contributed by atoms with Gasteiger partial charge in [-0.3, -0.25) is 4.98 Å². The van der Waals surface area contributed by atoms with Crippen molar-refractivity contribution in [1.29, 1.82) is 0 Å². The molecule has 67 heavy (non-hydrogen) atoms. The van der Waals surface area contributed by atoms with Crippen molar-refractivity contribution in [3.8, 4) is 61.7 Å². The Kier molecular flexibility index (Phi) is 11.0. The van der Waals surface area contributed by atoms with Crippen LogP contribution in [0.2, 0.25) is 0 Å². The van der Waals surface area contributed by atoms with Crippen molar-refractivity contribution in [2.24, 2.45) is 0 Å². The van der Waals surface area contributed by atoms with Gasteiger partial charge in [0.1, 0.15) is 5.58 Å². The first-order valence-corrected chi connectivity index (χ1v) is 22.4. The molecule has 0 bridgehead atoms. The van der Waals surface area contributed by atoms with Crippen molar-refractivity contribution >= 4 is 33.0 Å². The van der Waals surface area contributed by atoms with E-state index in [2.05, 4.69) is 134 Å². The molecule has 3 aromatic heterocycles. The zero-order valence-electron chi connectivity index (χ0n) is 43.6. The second-order valence-corrected chi connectivity index (χ2v) is 17.2. The van der Waals surface area contributed by atoms with Crippen molar-refractivity contribution in [2.45, 2.75) is 53.2 Å². The summed E-state index contributed by atoms with van der Waals surface area (Å²) in [7, 11) is 0. The molecule has 0 N–H and O–H groups in total. The zero-order chi connectivity index (χ0) is 50.3. The van der Waals surface area contributed by atoms with Crippen molar-refractivity contribution in [3.05, 3.63) is 223 Å². The molecule has 0 fully saturated rings. The summed E-state index contributed by atoms with van der Waals surface area (Å²) in [4.78, 5) is 9.43. The fourth-order valence-corrected chi connectivity index (χ4v) is 8.81. The molecule has 11 aromatic rings. The van der Waals surface area contributed by atoms with Gasteiger partial charge >= 0.3 is 0 Å². The van der Waals surface area contributed by atoms with E-state index in [0.29, 0.717) is 33.6 Å². The average Bonchev–Trinajstić information content (AvgIpc) is 3.97. The number of furan rings is 1. The van der Waals surface area contributed by atoms with Crippen LogP contribution in [0.5, 0.6) is 0 Å². The molecule has 331 valence electrons. The first kappa shape index (κ1) is 38.0. The second-order valence-electron chi connectivity index (χ2n) is 17.2. The van der Waals surface area contributed by atoms with E-state index < -0.39 is 13.7 Å². The maximum atomic E-state index is 8.69. The largest absolute Gasteiger partial charge is 0.501 e. The zero-order valence-corrected chi connectivity index (χ0v) is 40.0. The van der Waals surface area contributed by atoms with E-state index in [9.17, 15) is 0 Å². The van der Waals surface area contributed by atoms with E-state index in [-0.39, 0.29) is 37.5 Å². The topological polar surface area (TPSA) is 43.9 Å². The van der Waals surface area contributed by atoms with Gasteiger partial charge in [-0.05, 0) is 111 Å². The van der Waals surface area contributed by atoms with Gasteiger partial charge in [0.2, 0.25) is 0 Å². The smallest absolute Gasteiger partial charge is 0.120 e. The van der Waals surface area contributed by atoms with Crippen LogP contribution in [-0.4, -0.2) is 14.5 Å². The Morgan fingerprint density at radius 3 is 1.87 bits per heavy atom. The molecule has 0 saturated heterocycles. The van der Waals surface area contributed by atoms with E-state index in [1.165, 1.54) is 11.6 Å². The summed E-state index contributed by atoms with van der Waals surface area (Å²) >= 11 is 0. The number of benzene rings is 8. The maximum Gasteiger partial charge on any atom is 0.120 e. The number of para-hydroxylation sites is 1. The van der Waals surface area contributed by atoms with Crippen LogP contribution in [0.3, 0.4) is 0 Å². The number of aryl methyl sites for hydroxylation is 2. The van der Waals surface area contributed by atoms with E-state index in [1.807, 2.05) is 66.7 Å². The molecule has 3 heterocycles. The number of hydrogen-bond donors (Lipinski definition) is 0. The third-order valence-corrected chi connectivity index (χ3v) is 12.2.